The van der Waals surface area contributed by atoms with Crippen molar-refractivity contribution in [2.45, 2.75) is 64.3 Å². The van der Waals surface area contributed by atoms with Crippen LogP contribution in [0.3, 0.4) is 0 Å². The summed E-state index contributed by atoms with van der Waals surface area (Å²) in [5, 5.41) is 9.82. The fourth-order valence-electron chi connectivity index (χ4n) is 6.19. The Morgan fingerprint density at radius 3 is 2.56 bits per heavy atom. The van der Waals surface area contributed by atoms with Gasteiger partial charge in [0.15, 0.2) is 0 Å². The topological polar surface area (TPSA) is 95.9 Å². The fraction of sp³-hybridized carbons (Fsp3) is 0.455. The average molecular weight is 557 g/mol. The van der Waals surface area contributed by atoms with Crippen LogP contribution in [0.1, 0.15) is 71.8 Å². The second kappa shape index (κ2) is 12.7. The summed E-state index contributed by atoms with van der Waals surface area (Å²) in [7, 11) is 1.63. The van der Waals surface area contributed by atoms with Gasteiger partial charge in [0, 0.05) is 31.4 Å². The average Bonchev–Trinajstić information content (AvgIpc) is 3.29. The summed E-state index contributed by atoms with van der Waals surface area (Å²) in [4.78, 5) is 39.0. The summed E-state index contributed by atoms with van der Waals surface area (Å²) in [6.45, 7) is 6.48. The van der Waals surface area contributed by atoms with E-state index in [1.165, 1.54) is 11.8 Å². The number of benzene rings is 2. The first-order valence-corrected chi connectivity index (χ1v) is 14.7. The van der Waals surface area contributed by atoms with Crippen LogP contribution in [0.2, 0.25) is 0 Å². The van der Waals surface area contributed by atoms with E-state index in [4.69, 9.17) is 9.72 Å². The molecule has 1 amide bonds. The molecule has 0 aliphatic carbocycles. The lowest BCUT2D eigenvalue weighted by Gasteiger charge is -2.30. The molecule has 0 spiro atoms. The summed E-state index contributed by atoms with van der Waals surface area (Å²) in [5.74, 6) is 1.17. The predicted octanol–water partition coefficient (Wildman–Crippen LogP) is 5.15. The van der Waals surface area contributed by atoms with Crippen molar-refractivity contribution in [1.29, 1.82) is 0 Å². The van der Waals surface area contributed by atoms with Gasteiger partial charge in [0.1, 0.15) is 5.75 Å². The van der Waals surface area contributed by atoms with Crippen LogP contribution < -0.4 is 9.64 Å². The number of carboxylic acids is 1. The molecule has 2 aliphatic heterocycles. The lowest BCUT2D eigenvalue weighted by atomic mass is 9.98. The van der Waals surface area contributed by atoms with Crippen molar-refractivity contribution in [3.8, 4) is 5.75 Å². The number of nitrogens with zero attached hydrogens (tertiary/aromatic N) is 4. The number of aromatic carboxylic acids is 1. The van der Waals surface area contributed by atoms with Gasteiger partial charge in [-0.1, -0.05) is 62.7 Å². The molecule has 2 aliphatic rings. The molecule has 216 valence electrons. The normalized spacial score (nSPS) is 18.7. The van der Waals surface area contributed by atoms with E-state index < -0.39 is 5.97 Å². The Labute approximate surface area is 242 Å². The van der Waals surface area contributed by atoms with Crippen molar-refractivity contribution in [2.75, 3.05) is 31.6 Å². The SMILES string of the molecule is COc1ccccc1CC(=O)N1CCCC[C@@H]2CN(c3ncc(C(=O)O)c(CCc4ccc(C(C)C)cc4)n3)C[C@@H]21. The zero-order valence-corrected chi connectivity index (χ0v) is 24.3. The molecular formula is C33H40N4O4. The van der Waals surface area contributed by atoms with Gasteiger partial charge in [-0.15, -0.1) is 0 Å². The number of hydrogen-bond donors (Lipinski definition) is 1. The summed E-state index contributed by atoms with van der Waals surface area (Å²) < 4.78 is 5.48. The lowest BCUT2D eigenvalue weighted by Crippen LogP contribution is -2.45. The molecule has 1 aromatic heterocycles. The number of likely N-dealkylation sites (tertiary alicyclic amines) is 1. The smallest absolute Gasteiger partial charge is 0.339 e. The summed E-state index contributed by atoms with van der Waals surface area (Å²) in [6, 6.07) is 16.3. The number of aryl methyl sites for hydroxylation is 2. The molecule has 2 aromatic carbocycles. The summed E-state index contributed by atoms with van der Waals surface area (Å²) in [6.07, 6.45) is 6.09. The molecule has 0 unspecified atom stereocenters. The van der Waals surface area contributed by atoms with Crippen LogP contribution in [-0.2, 0) is 24.1 Å². The molecule has 2 fully saturated rings. The minimum absolute atomic E-state index is 0.0744. The zero-order chi connectivity index (χ0) is 28.9. The van der Waals surface area contributed by atoms with Gasteiger partial charge >= 0.3 is 5.97 Å². The monoisotopic (exact) mass is 556 g/mol. The van der Waals surface area contributed by atoms with Crippen LogP contribution in [0, 0.1) is 5.92 Å². The summed E-state index contributed by atoms with van der Waals surface area (Å²) >= 11 is 0. The van der Waals surface area contributed by atoms with Gasteiger partial charge in [0.2, 0.25) is 11.9 Å². The number of ether oxygens (including phenoxy) is 1. The third-order valence-corrected chi connectivity index (χ3v) is 8.55. The van der Waals surface area contributed by atoms with Gasteiger partial charge < -0.3 is 19.6 Å². The highest BCUT2D eigenvalue weighted by Crippen LogP contribution is 2.33. The predicted molar refractivity (Wildman–Crippen MR) is 159 cm³/mol. The van der Waals surface area contributed by atoms with E-state index in [2.05, 4.69) is 52.9 Å². The number of methoxy groups -OCH3 is 1. The van der Waals surface area contributed by atoms with Gasteiger partial charge in [0.25, 0.3) is 0 Å². The fourth-order valence-corrected chi connectivity index (χ4v) is 6.19. The van der Waals surface area contributed by atoms with Crippen LogP contribution >= 0.6 is 0 Å². The van der Waals surface area contributed by atoms with Crippen molar-refractivity contribution in [2.24, 2.45) is 5.92 Å². The number of carbonyl (C=O) groups is 2. The van der Waals surface area contributed by atoms with E-state index in [0.717, 1.165) is 49.2 Å². The van der Waals surface area contributed by atoms with Gasteiger partial charge in [0.05, 0.1) is 30.8 Å². The molecule has 5 rings (SSSR count). The molecule has 41 heavy (non-hydrogen) atoms. The van der Waals surface area contributed by atoms with Crippen LogP contribution in [0.25, 0.3) is 0 Å². The minimum Gasteiger partial charge on any atom is -0.496 e. The maximum Gasteiger partial charge on any atom is 0.339 e. The number of carbonyl (C=O) groups excluding carboxylic acids is 1. The van der Waals surface area contributed by atoms with Crippen molar-refractivity contribution in [1.82, 2.24) is 14.9 Å². The molecule has 2 saturated heterocycles. The lowest BCUT2D eigenvalue weighted by molar-refractivity contribution is -0.132. The number of aromatic nitrogens is 2. The highest BCUT2D eigenvalue weighted by atomic mass is 16.5. The Morgan fingerprint density at radius 1 is 1.05 bits per heavy atom. The van der Waals surface area contributed by atoms with Crippen LogP contribution in [-0.4, -0.2) is 64.6 Å². The number of para-hydroxylation sites is 1. The number of rotatable bonds is 9. The van der Waals surface area contributed by atoms with Gasteiger partial charge in [-0.2, -0.15) is 0 Å². The second-order valence-electron chi connectivity index (χ2n) is 11.5. The Bertz CT molecular complexity index is 1370. The van der Waals surface area contributed by atoms with Crippen LogP contribution in [0.15, 0.2) is 54.7 Å². The van der Waals surface area contributed by atoms with Crippen molar-refractivity contribution >= 4 is 17.8 Å². The Morgan fingerprint density at radius 2 is 1.83 bits per heavy atom. The van der Waals surface area contributed by atoms with Crippen molar-refractivity contribution < 1.29 is 19.4 Å². The maximum atomic E-state index is 13.6. The van der Waals surface area contributed by atoms with E-state index in [9.17, 15) is 14.7 Å². The highest BCUT2D eigenvalue weighted by Gasteiger charge is 2.40. The van der Waals surface area contributed by atoms with Crippen molar-refractivity contribution in [3.63, 3.8) is 0 Å². The molecule has 0 saturated carbocycles. The molecule has 0 bridgehead atoms. The Kier molecular flexibility index (Phi) is 8.86. The molecule has 1 N–H and O–H groups in total. The minimum atomic E-state index is -1.01. The zero-order valence-electron chi connectivity index (χ0n) is 24.3. The van der Waals surface area contributed by atoms with E-state index in [0.29, 0.717) is 49.3 Å². The molecule has 8 nitrogen and oxygen atoms in total. The molecule has 0 radical (unpaired) electrons. The van der Waals surface area contributed by atoms with Crippen LogP contribution in [0.5, 0.6) is 5.75 Å². The number of anilines is 1. The molecule has 2 atom stereocenters. The number of carboxylic acid groups (broad SMARTS) is 1. The molecule has 8 heteroatoms. The Balaban J connectivity index is 1.32. The Hall–Kier alpha value is -3.94. The molecule has 3 heterocycles. The second-order valence-corrected chi connectivity index (χ2v) is 11.5. The van der Waals surface area contributed by atoms with Crippen molar-refractivity contribution in [3.05, 3.63) is 82.7 Å². The largest absolute Gasteiger partial charge is 0.496 e. The quantitative estimate of drug-likeness (QED) is 0.389. The summed E-state index contributed by atoms with van der Waals surface area (Å²) in [5.41, 5.74) is 4.03. The first-order chi connectivity index (χ1) is 19.8. The first-order valence-electron chi connectivity index (χ1n) is 14.7. The third-order valence-electron chi connectivity index (χ3n) is 8.55. The van der Waals surface area contributed by atoms with E-state index in [1.54, 1.807) is 7.11 Å². The number of fused-ring (bicyclic) bond motifs is 1. The third kappa shape index (κ3) is 6.53. The van der Waals surface area contributed by atoms with Gasteiger partial charge in [-0.25, -0.2) is 14.8 Å². The standard InChI is InChI=1S/C33H40N4O4/c1-22(2)24-14-11-23(12-15-24)13-16-28-27(32(39)40)19-34-33(35-28)36-20-26-9-6-7-17-37(29(26)21-36)31(38)18-25-8-4-5-10-30(25)41-3/h4-5,8,10-12,14-15,19,22,26,29H,6-7,9,13,16-18,20-21H2,1-3H3,(H,39,40)/t26-,29+/m1/s1. The number of amides is 1. The highest BCUT2D eigenvalue weighted by molar-refractivity contribution is 5.88. The molecular weight excluding hydrogens is 516 g/mol. The van der Waals surface area contributed by atoms with E-state index >= 15 is 0 Å². The van der Waals surface area contributed by atoms with Gasteiger partial charge in [-0.05, 0) is 54.7 Å². The molecule has 3 aromatic rings. The van der Waals surface area contributed by atoms with E-state index in [1.807, 2.05) is 24.3 Å². The van der Waals surface area contributed by atoms with E-state index in [-0.39, 0.29) is 17.5 Å². The van der Waals surface area contributed by atoms with Crippen LogP contribution in [0.4, 0.5) is 5.95 Å². The first kappa shape index (κ1) is 28.6. The maximum absolute atomic E-state index is 13.6. The number of hydrogen-bond acceptors (Lipinski definition) is 6. The van der Waals surface area contributed by atoms with Gasteiger partial charge in [-0.3, -0.25) is 4.79 Å².